The Hall–Kier alpha value is -1.18. The summed E-state index contributed by atoms with van der Waals surface area (Å²) in [5.74, 6) is 0.0549. The van der Waals surface area contributed by atoms with Crippen LogP contribution in [0.25, 0.3) is 0 Å². The van der Waals surface area contributed by atoms with E-state index in [2.05, 4.69) is 20.9 Å². The standard InChI is InChI=1S/C11H16BrN3O3/c1-18-5-3-15(2-4-16)11(17)8-6-10(13)14-7-9(8)12/h6-7,16H,2-5H2,1H3,(H2,13,14). The summed E-state index contributed by atoms with van der Waals surface area (Å²) in [7, 11) is 1.56. The normalized spacial score (nSPS) is 10.4. The van der Waals surface area contributed by atoms with Crippen molar-refractivity contribution in [3.8, 4) is 0 Å². The zero-order chi connectivity index (χ0) is 13.5. The Morgan fingerprint density at radius 1 is 1.61 bits per heavy atom. The summed E-state index contributed by atoms with van der Waals surface area (Å²) in [6.45, 7) is 0.957. The van der Waals surface area contributed by atoms with Crippen LogP contribution in [0.2, 0.25) is 0 Å². The molecule has 0 spiro atoms. The van der Waals surface area contributed by atoms with Crippen molar-refractivity contribution in [3.05, 3.63) is 22.3 Å². The molecule has 0 aliphatic heterocycles. The van der Waals surface area contributed by atoms with Crippen molar-refractivity contribution in [2.75, 3.05) is 39.1 Å². The van der Waals surface area contributed by atoms with E-state index in [1.807, 2.05) is 0 Å². The van der Waals surface area contributed by atoms with Crippen LogP contribution >= 0.6 is 15.9 Å². The zero-order valence-electron chi connectivity index (χ0n) is 10.1. The second-order valence-electron chi connectivity index (χ2n) is 3.60. The number of halogens is 1. The lowest BCUT2D eigenvalue weighted by molar-refractivity contribution is 0.0655. The van der Waals surface area contributed by atoms with Crippen LogP contribution < -0.4 is 5.73 Å². The maximum atomic E-state index is 12.3. The number of rotatable bonds is 6. The molecule has 1 aromatic heterocycles. The first kappa shape index (κ1) is 14.9. The number of nitrogens with zero attached hydrogens (tertiary/aromatic N) is 2. The Kier molecular flexibility index (Phi) is 6.03. The number of carbonyl (C=O) groups excluding carboxylic acids is 1. The molecular weight excluding hydrogens is 302 g/mol. The van der Waals surface area contributed by atoms with E-state index >= 15 is 0 Å². The number of hydrogen-bond acceptors (Lipinski definition) is 5. The molecule has 0 radical (unpaired) electrons. The van der Waals surface area contributed by atoms with Gasteiger partial charge in [0.2, 0.25) is 0 Å². The minimum Gasteiger partial charge on any atom is -0.395 e. The minimum atomic E-state index is -0.220. The van der Waals surface area contributed by atoms with Crippen molar-refractivity contribution in [3.63, 3.8) is 0 Å². The van der Waals surface area contributed by atoms with Crippen LogP contribution in [0.3, 0.4) is 0 Å². The van der Waals surface area contributed by atoms with Crippen LogP contribution in [0, 0.1) is 0 Å². The number of nitrogen functional groups attached to an aromatic ring is 1. The molecule has 0 bridgehead atoms. The van der Waals surface area contributed by atoms with Crippen LogP contribution in [-0.2, 0) is 4.74 Å². The van der Waals surface area contributed by atoms with E-state index in [9.17, 15) is 4.79 Å². The number of methoxy groups -OCH3 is 1. The molecule has 1 amide bonds. The molecule has 0 saturated carbocycles. The summed E-state index contributed by atoms with van der Waals surface area (Å²) in [4.78, 5) is 17.6. The highest BCUT2D eigenvalue weighted by Crippen LogP contribution is 2.19. The van der Waals surface area contributed by atoms with Gasteiger partial charge in [-0.15, -0.1) is 0 Å². The summed E-state index contributed by atoms with van der Waals surface area (Å²) >= 11 is 3.26. The summed E-state index contributed by atoms with van der Waals surface area (Å²) in [5.41, 5.74) is 5.99. The van der Waals surface area contributed by atoms with Gasteiger partial charge in [0.25, 0.3) is 5.91 Å². The molecule has 7 heteroatoms. The van der Waals surface area contributed by atoms with Crippen LogP contribution in [0.4, 0.5) is 5.82 Å². The number of carbonyl (C=O) groups is 1. The maximum Gasteiger partial charge on any atom is 0.255 e. The highest BCUT2D eigenvalue weighted by Gasteiger charge is 2.18. The van der Waals surface area contributed by atoms with Crippen molar-refractivity contribution in [2.24, 2.45) is 0 Å². The smallest absolute Gasteiger partial charge is 0.255 e. The van der Waals surface area contributed by atoms with Crippen molar-refractivity contribution >= 4 is 27.7 Å². The predicted molar refractivity (Wildman–Crippen MR) is 71.2 cm³/mol. The highest BCUT2D eigenvalue weighted by atomic mass is 79.9. The molecule has 0 aliphatic rings. The van der Waals surface area contributed by atoms with Crippen LogP contribution in [0.1, 0.15) is 10.4 Å². The molecule has 100 valence electrons. The van der Waals surface area contributed by atoms with E-state index in [4.69, 9.17) is 15.6 Å². The van der Waals surface area contributed by atoms with Crippen molar-refractivity contribution < 1.29 is 14.6 Å². The maximum absolute atomic E-state index is 12.3. The Balaban J connectivity index is 2.90. The summed E-state index contributed by atoms with van der Waals surface area (Å²) in [6.07, 6.45) is 1.48. The van der Waals surface area contributed by atoms with E-state index in [0.717, 1.165) is 0 Å². The molecule has 18 heavy (non-hydrogen) atoms. The molecule has 0 unspecified atom stereocenters. The number of hydrogen-bond donors (Lipinski definition) is 2. The Morgan fingerprint density at radius 3 is 2.94 bits per heavy atom. The topological polar surface area (TPSA) is 88.7 Å². The van der Waals surface area contributed by atoms with Crippen LogP contribution in [0.5, 0.6) is 0 Å². The molecule has 1 rings (SSSR count). The average molecular weight is 318 g/mol. The lowest BCUT2D eigenvalue weighted by Gasteiger charge is -2.22. The minimum absolute atomic E-state index is 0.104. The fourth-order valence-electron chi connectivity index (χ4n) is 1.43. The largest absolute Gasteiger partial charge is 0.395 e. The van der Waals surface area contributed by atoms with Gasteiger partial charge in [0.05, 0.1) is 18.8 Å². The third kappa shape index (κ3) is 3.94. The third-order valence-electron chi connectivity index (χ3n) is 2.33. The van der Waals surface area contributed by atoms with Gasteiger partial charge in [0.15, 0.2) is 0 Å². The fourth-order valence-corrected chi connectivity index (χ4v) is 1.81. The number of amides is 1. The lowest BCUT2D eigenvalue weighted by atomic mass is 10.2. The fraction of sp³-hybridized carbons (Fsp3) is 0.455. The predicted octanol–water partition coefficient (Wildman–Crippen LogP) is 0.507. The number of nitrogens with two attached hydrogens (primary N) is 1. The van der Waals surface area contributed by atoms with Gasteiger partial charge in [-0.25, -0.2) is 4.98 Å². The van der Waals surface area contributed by atoms with Gasteiger partial charge in [-0.1, -0.05) is 0 Å². The molecule has 0 saturated heterocycles. The Bertz CT molecular complexity index is 415. The van der Waals surface area contributed by atoms with Gasteiger partial charge in [-0.05, 0) is 22.0 Å². The van der Waals surface area contributed by atoms with Gasteiger partial charge >= 0.3 is 0 Å². The summed E-state index contributed by atoms with van der Waals surface area (Å²) in [6, 6.07) is 1.50. The van der Waals surface area contributed by atoms with E-state index < -0.39 is 0 Å². The first-order valence-electron chi connectivity index (χ1n) is 5.40. The van der Waals surface area contributed by atoms with Gasteiger partial charge in [0.1, 0.15) is 5.82 Å². The van der Waals surface area contributed by atoms with Crippen LogP contribution in [-0.4, -0.2) is 54.3 Å². The number of pyridine rings is 1. The lowest BCUT2D eigenvalue weighted by Crippen LogP contribution is -2.36. The van der Waals surface area contributed by atoms with E-state index in [0.29, 0.717) is 23.2 Å². The molecule has 6 nitrogen and oxygen atoms in total. The monoisotopic (exact) mass is 317 g/mol. The molecule has 0 atom stereocenters. The van der Waals surface area contributed by atoms with Gasteiger partial charge in [-0.3, -0.25) is 4.79 Å². The number of aliphatic hydroxyl groups is 1. The van der Waals surface area contributed by atoms with Gasteiger partial charge in [0, 0.05) is 30.9 Å². The molecule has 0 aliphatic carbocycles. The first-order chi connectivity index (χ1) is 8.60. The molecule has 1 aromatic rings. The highest BCUT2D eigenvalue weighted by molar-refractivity contribution is 9.10. The SMILES string of the molecule is COCCN(CCO)C(=O)c1cc(N)ncc1Br. The van der Waals surface area contributed by atoms with E-state index in [1.165, 1.54) is 17.2 Å². The molecule has 3 N–H and O–H groups in total. The second kappa shape index (κ2) is 7.30. The molecule has 1 heterocycles. The average Bonchev–Trinajstić information content (AvgIpc) is 2.36. The third-order valence-corrected chi connectivity index (χ3v) is 2.96. The van der Waals surface area contributed by atoms with Gasteiger partial charge < -0.3 is 20.5 Å². The molecule has 0 aromatic carbocycles. The second-order valence-corrected chi connectivity index (χ2v) is 4.45. The van der Waals surface area contributed by atoms with Crippen molar-refractivity contribution in [2.45, 2.75) is 0 Å². The summed E-state index contributed by atoms with van der Waals surface area (Å²) in [5, 5.41) is 8.97. The Morgan fingerprint density at radius 2 is 2.33 bits per heavy atom. The number of aromatic nitrogens is 1. The van der Waals surface area contributed by atoms with Crippen molar-refractivity contribution in [1.29, 1.82) is 0 Å². The van der Waals surface area contributed by atoms with Crippen LogP contribution in [0.15, 0.2) is 16.7 Å². The zero-order valence-corrected chi connectivity index (χ0v) is 11.7. The molecule has 0 fully saturated rings. The van der Waals surface area contributed by atoms with E-state index in [-0.39, 0.29) is 24.9 Å². The Labute approximate surface area is 114 Å². The number of aliphatic hydroxyl groups excluding tert-OH is 1. The number of ether oxygens (including phenoxy) is 1. The van der Waals surface area contributed by atoms with Crippen molar-refractivity contribution in [1.82, 2.24) is 9.88 Å². The number of anilines is 1. The van der Waals surface area contributed by atoms with Gasteiger partial charge in [-0.2, -0.15) is 0 Å². The summed E-state index contributed by atoms with van der Waals surface area (Å²) < 4.78 is 5.51. The quantitative estimate of drug-likeness (QED) is 0.798. The van der Waals surface area contributed by atoms with E-state index in [1.54, 1.807) is 7.11 Å². The first-order valence-corrected chi connectivity index (χ1v) is 6.19. The molecular formula is C11H16BrN3O3.